The van der Waals surface area contributed by atoms with Crippen LogP contribution in [0, 0.1) is 5.92 Å². The highest BCUT2D eigenvalue weighted by Gasteiger charge is 2.36. The molecule has 182 valence electrons. The number of amides is 1. The Labute approximate surface area is 198 Å². The Balaban J connectivity index is 0.000000350. The fraction of sp³-hybridized carbons (Fsp3) is 0.400. The van der Waals surface area contributed by atoms with E-state index in [1.165, 1.54) is 27.6 Å². The summed E-state index contributed by atoms with van der Waals surface area (Å²) in [5, 5.41) is 29.3. The lowest BCUT2D eigenvalue weighted by atomic mass is 9.80. The Morgan fingerprint density at radius 2 is 1.85 bits per heavy atom. The number of fused-ring (bicyclic) bond motifs is 2. The van der Waals surface area contributed by atoms with E-state index in [-0.39, 0.29) is 24.5 Å². The molecule has 2 aromatic rings. The number of carbonyl (C=O) groups is 3. The van der Waals surface area contributed by atoms with Crippen molar-refractivity contribution in [3.05, 3.63) is 53.8 Å². The van der Waals surface area contributed by atoms with Gasteiger partial charge in [-0.25, -0.2) is 9.59 Å². The van der Waals surface area contributed by atoms with E-state index in [1.54, 1.807) is 0 Å². The van der Waals surface area contributed by atoms with Crippen molar-refractivity contribution in [2.24, 2.45) is 13.0 Å². The van der Waals surface area contributed by atoms with E-state index in [1.807, 2.05) is 6.92 Å². The number of aromatic nitrogens is 1. The lowest BCUT2D eigenvalue weighted by Gasteiger charge is -2.39. The smallest absolute Gasteiger partial charge is 0.328 e. The van der Waals surface area contributed by atoms with Crippen molar-refractivity contribution >= 4 is 34.3 Å². The fourth-order valence-corrected chi connectivity index (χ4v) is 4.62. The van der Waals surface area contributed by atoms with Crippen LogP contribution in [0.3, 0.4) is 0 Å². The normalized spacial score (nSPS) is 20.2. The lowest BCUT2D eigenvalue weighted by Crippen LogP contribution is -2.48. The van der Waals surface area contributed by atoms with Gasteiger partial charge in [0.15, 0.2) is 0 Å². The van der Waals surface area contributed by atoms with E-state index in [9.17, 15) is 19.5 Å². The zero-order chi connectivity index (χ0) is 25.0. The van der Waals surface area contributed by atoms with Gasteiger partial charge in [0, 0.05) is 48.9 Å². The molecule has 1 aromatic carbocycles. The maximum absolute atomic E-state index is 12.7. The first-order valence-electron chi connectivity index (χ1n) is 11.2. The third-order valence-electron chi connectivity index (χ3n) is 6.34. The van der Waals surface area contributed by atoms with Crippen molar-refractivity contribution in [2.45, 2.75) is 31.8 Å². The van der Waals surface area contributed by atoms with Gasteiger partial charge in [0.2, 0.25) is 5.91 Å². The first kappa shape index (κ1) is 25.2. The molecule has 0 spiro atoms. The Kier molecular flexibility index (Phi) is 7.90. The molecular weight excluding hydrogens is 438 g/mol. The van der Waals surface area contributed by atoms with Crippen molar-refractivity contribution in [3.8, 4) is 0 Å². The molecule has 0 radical (unpaired) electrons. The van der Waals surface area contributed by atoms with E-state index in [0.29, 0.717) is 24.7 Å². The molecule has 4 N–H and O–H groups in total. The Morgan fingerprint density at radius 3 is 2.44 bits per heavy atom. The monoisotopic (exact) mass is 469 g/mol. The molecule has 3 unspecified atom stereocenters. The van der Waals surface area contributed by atoms with Crippen molar-refractivity contribution < 1.29 is 29.7 Å². The highest BCUT2D eigenvalue weighted by atomic mass is 16.4. The standard InChI is InChI=1S/C21H27N3O2.C4H4O4/c1-4-15(12-25)22-21(26)14-8-17-16-6-5-7-18-20(16)13(10-23(18)2)9-19(17)24(3)11-14;5-3(6)1-2-4(7)8/h5-8,10,14-15,19,25H,4,9,11-12H2,1-3H3,(H,22,26);1-2H,(H,5,6)(H,7,8)/b;2-1-. The Morgan fingerprint density at radius 1 is 1.18 bits per heavy atom. The van der Waals surface area contributed by atoms with E-state index in [4.69, 9.17) is 10.2 Å². The molecule has 1 amide bonds. The summed E-state index contributed by atoms with van der Waals surface area (Å²) >= 11 is 0. The fourth-order valence-electron chi connectivity index (χ4n) is 4.62. The molecule has 0 fully saturated rings. The molecule has 0 saturated carbocycles. The van der Waals surface area contributed by atoms with E-state index >= 15 is 0 Å². The second kappa shape index (κ2) is 10.7. The van der Waals surface area contributed by atoms with Crippen LogP contribution in [0.1, 0.15) is 24.5 Å². The largest absolute Gasteiger partial charge is 0.478 e. The minimum Gasteiger partial charge on any atom is -0.478 e. The van der Waals surface area contributed by atoms with E-state index in [0.717, 1.165) is 12.8 Å². The molecule has 1 aromatic heterocycles. The number of rotatable bonds is 6. The average molecular weight is 470 g/mol. The van der Waals surface area contributed by atoms with Gasteiger partial charge in [-0.1, -0.05) is 25.1 Å². The van der Waals surface area contributed by atoms with Crippen LogP contribution in [0.15, 0.2) is 42.6 Å². The summed E-state index contributed by atoms with van der Waals surface area (Å²) in [4.78, 5) is 34.1. The number of benzene rings is 1. The van der Waals surface area contributed by atoms with Gasteiger partial charge in [0.05, 0.1) is 18.6 Å². The molecule has 2 heterocycles. The number of aliphatic carboxylic acids is 2. The molecule has 0 saturated heterocycles. The summed E-state index contributed by atoms with van der Waals surface area (Å²) in [6, 6.07) is 6.60. The van der Waals surface area contributed by atoms with E-state index < -0.39 is 11.9 Å². The number of hydrogen-bond acceptors (Lipinski definition) is 5. The van der Waals surface area contributed by atoms with Crippen LogP contribution in [0.25, 0.3) is 16.5 Å². The van der Waals surface area contributed by atoms with Crippen molar-refractivity contribution in [3.63, 3.8) is 0 Å². The summed E-state index contributed by atoms with van der Waals surface area (Å²) in [7, 11) is 4.20. The molecule has 4 rings (SSSR count). The van der Waals surface area contributed by atoms with Crippen LogP contribution in [0.2, 0.25) is 0 Å². The third-order valence-corrected chi connectivity index (χ3v) is 6.34. The summed E-state index contributed by atoms with van der Waals surface area (Å²) in [6.45, 7) is 2.66. The van der Waals surface area contributed by atoms with Crippen molar-refractivity contribution in [1.29, 1.82) is 0 Å². The Bertz CT molecular complexity index is 1130. The minimum absolute atomic E-state index is 0.00901. The van der Waals surface area contributed by atoms with Gasteiger partial charge < -0.3 is 25.2 Å². The lowest BCUT2D eigenvalue weighted by molar-refractivity contribution is -0.134. The maximum Gasteiger partial charge on any atom is 0.328 e. The van der Waals surface area contributed by atoms with Crippen LogP contribution in [0.4, 0.5) is 0 Å². The molecular formula is C25H31N3O6. The number of nitrogens with one attached hydrogen (secondary N) is 1. The zero-order valence-electron chi connectivity index (χ0n) is 19.6. The van der Waals surface area contributed by atoms with Gasteiger partial charge in [-0.2, -0.15) is 0 Å². The summed E-state index contributed by atoms with van der Waals surface area (Å²) < 4.78 is 2.20. The number of carboxylic acids is 2. The van der Waals surface area contributed by atoms with E-state index in [2.05, 4.69) is 59.4 Å². The highest BCUT2D eigenvalue weighted by molar-refractivity contribution is 5.99. The van der Waals surface area contributed by atoms with Gasteiger partial charge >= 0.3 is 11.9 Å². The molecule has 9 heteroatoms. The topological polar surface area (TPSA) is 132 Å². The highest BCUT2D eigenvalue weighted by Crippen LogP contribution is 2.41. The number of carbonyl (C=O) groups excluding carboxylic acids is 1. The van der Waals surface area contributed by atoms with Gasteiger partial charge in [-0.05, 0) is 42.7 Å². The first-order chi connectivity index (χ1) is 16.2. The van der Waals surface area contributed by atoms with Crippen LogP contribution < -0.4 is 5.32 Å². The predicted molar refractivity (Wildman–Crippen MR) is 128 cm³/mol. The number of nitrogens with zero attached hydrogens (tertiary/aromatic N) is 2. The van der Waals surface area contributed by atoms with Crippen LogP contribution in [-0.4, -0.2) is 74.9 Å². The van der Waals surface area contributed by atoms with Crippen LogP contribution >= 0.6 is 0 Å². The van der Waals surface area contributed by atoms with Gasteiger partial charge in [-0.15, -0.1) is 0 Å². The molecule has 34 heavy (non-hydrogen) atoms. The first-order valence-corrected chi connectivity index (χ1v) is 11.2. The number of aliphatic hydroxyl groups is 1. The van der Waals surface area contributed by atoms with Crippen LogP contribution in [-0.2, 0) is 27.9 Å². The third kappa shape index (κ3) is 5.37. The number of carboxylic acid groups (broad SMARTS) is 2. The Hall–Kier alpha value is -3.43. The molecule has 0 bridgehead atoms. The van der Waals surface area contributed by atoms with Gasteiger partial charge in [0.25, 0.3) is 0 Å². The molecule has 3 atom stereocenters. The number of likely N-dealkylation sites (N-methyl/N-ethyl adjacent to an activating group) is 1. The minimum atomic E-state index is -1.26. The maximum atomic E-state index is 12.7. The number of hydrogen-bond donors (Lipinski definition) is 4. The SMILES string of the molecule is CCC(CO)NC(=O)C1C=C2c3cccc4c3c(cn4C)CC2N(C)C1.O=C(O)/C=C\C(=O)O. The quantitative estimate of drug-likeness (QED) is 0.473. The average Bonchev–Trinajstić information content (AvgIpc) is 3.13. The van der Waals surface area contributed by atoms with Crippen LogP contribution in [0.5, 0.6) is 0 Å². The number of aryl methyl sites for hydroxylation is 1. The molecule has 2 aliphatic rings. The number of aliphatic hydroxyl groups excluding tert-OH is 1. The van der Waals surface area contributed by atoms with Crippen molar-refractivity contribution in [1.82, 2.24) is 14.8 Å². The summed E-state index contributed by atoms with van der Waals surface area (Å²) in [6.07, 6.45) is 7.24. The van der Waals surface area contributed by atoms with Gasteiger partial charge in [-0.3, -0.25) is 9.69 Å². The zero-order valence-corrected chi connectivity index (χ0v) is 19.6. The molecule has 1 aliphatic carbocycles. The summed E-state index contributed by atoms with van der Waals surface area (Å²) in [5.41, 5.74) is 5.16. The second-order valence-corrected chi connectivity index (χ2v) is 8.66. The predicted octanol–water partition coefficient (Wildman–Crippen LogP) is 1.65. The second-order valence-electron chi connectivity index (χ2n) is 8.66. The van der Waals surface area contributed by atoms with Crippen molar-refractivity contribution in [2.75, 3.05) is 20.2 Å². The van der Waals surface area contributed by atoms with Gasteiger partial charge in [0.1, 0.15) is 0 Å². The molecule has 1 aliphatic heterocycles. The summed E-state index contributed by atoms with van der Waals surface area (Å²) in [5.74, 6) is -2.69. The molecule has 9 nitrogen and oxygen atoms in total.